The summed E-state index contributed by atoms with van der Waals surface area (Å²) in [6.07, 6.45) is 0.267. The molecule has 1 aromatic heterocycles. The Kier molecular flexibility index (Phi) is 4.28. The molecular formula is C15H18N2O4. The van der Waals surface area contributed by atoms with Crippen molar-refractivity contribution in [3.05, 3.63) is 52.2 Å². The van der Waals surface area contributed by atoms with Crippen molar-refractivity contribution in [2.75, 3.05) is 6.61 Å². The van der Waals surface area contributed by atoms with Crippen LogP contribution in [0, 0.1) is 6.92 Å². The maximum absolute atomic E-state index is 12.2. The average Bonchev–Trinajstić information content (AvgIpc) is 2.71. The van der Waals surface area contributed by atoms with Crippen LogP contribution in [0.15, 0.2) is 35.3 Å². The molecule has 0 saturated carbocycles. The van der Waals surface area contributed by atoms with Gasteiger partial charge in [0.05, 0.1) is 12.3 Å². The number of carbonyl (C=O) groups is 1. The van der Waals surface area contributed by atoms with Gasteiger partial charge >= 0.3 is 11.7 Å². The second-order valence-corrected chi connectivity index (χ2v) is 4.71. The van der Waals surface area contributed by atoms with Crippen molar-refractivity contribution in [2.45, 2.75) is 20.0 Å². The number of nitrogens with zero attached hydrogens (tertiary/aromatic N) is 2. The second-order valence-electron chi connectivity index (χ2n) is 4.71. The van der Waals surface area contributed by atoms with Gasteiger partial charge in [-0.2, -0.15) is 0 Å². The van der Waals surface area contributed by atoms with Crippen LogP contribution in [0.3, 0.4) is 0 Å². The number of esters is 1. The highest BCUT2D eigenvalue weighted by Crippen LogP contribution is 2.23. The van der Waals surface area contributed by atoms with E-state index in [1.165, 1.54) is 9.13 Å². The number of benzene rings is 1. The highest BCUT2D eigenvalue weighted by molar-refractivity contribution is 5.77. The Morgan fingerprint density at radius 2 is 2.05 bits per heavy atom. The molecule has 0 saturated heterocycles. The molecule has 1 unspecified atom stereocenters. The van der Waals surface area contributed by atoms with Gasteiger partial charge in [0.15, 0.2) is 6.10 Å². The van der Waals surface area contributed by atoms with Gasteiger partial charge in [0.1, 0.15) is 0 Å². The number of aromatic nitrogens is 2. The summed E-state index contributed by atoms with van der Waals surface area (Å²) >= 11 is 0. The maximum atomic E-state index is 12.2. The van der Waals surface area contributed by atoms with E-state index in [0.717, 1.165) is 0 Å². The molecule has 0 bridgehead atoms. The van der Waals surface area contributed by atoms with Gasteiger partial charge < -0.3 is 14.4 Å². The van der Waals surface area contributed by atoms with Gasteiger partial charge in [-0.05, 0) is 19.9 Å². The van der Waals surface area contributed by atoms with E-state index >= 15 is 0 Å². The lowest BCUT2D eigenvalue weighted by molar-refractivity contribution is -0.153. The first-order valence-corrected chi connectivity index (χ1v) is 6.66. The number of imidazole rings is 1. The van der Waals surface area contributed by atoms with Crippen LogP contribution < -0.4 is 5.69 Å². The van der Waals surface area contributed by atoms with E-state index in [2.05, 4.69) is 0 Å². The molecule has 1 N–H and O–H groups in total. The first-order valence-electron chi connectivity index (χ1n) is 6.66. The minimum Gasteiger partial charge on any atom is -0.464 e. The molecule has 0 amide bonds. The van der Waals surface area contributed by atoms with E-state index < -0.39 is 12.1 Å². The van der Waals surface area contributed by atoms with E-state index in [1.807, 2.05) is 0 Å². The van der Waals surface area contributed by atoms with Crippen molar-refractivity contribution < 1.29 is 14.6 Å². The predicted molar refractivity (Wildman–Crippen MR) is 77.3 cm³/mol. The van der Waals surface area contributed by atoms with Gasteiger partial charge in [0, 0.05) is 24.5 Å². The number of ether oxygens (including phenoxy) is 1. The van der Waals surface area contributed by atoms with Crippen LogP contribution in [0.1, 0.15) is 24.3 Å². The SMILES string of the molecule is CCOC(=O)C(O)c1ccccc1-n1c(C)cn(C)c1=O. The topological polar surface area (TPSA) is 73.5 Å². The lowest BCUT2D eigenvalue weighted by Crippen LogP contribution is -2.24. The summed E-state index contributed by atoms with van der Waals surface area (Å²) in [4.78, 5) is 23.9. The van der Waals surface area contributed by atoms with Gasteiger partial charge in [-0.25, -0.2) is 9.59 Å². The van der Waals surface area contributed by atoms with Crippen molar-refractivity contribution >= 4 is 5.97 Å². The summed E-state index contributed by atoms with van der Waals surface area (Å²) < 4.78 is 7.74. The summed E-state index contributed by atoms with van der Waals surface area (Å²) in [6.45, 7) is 3.64. The van der Waals surface area contributed by atoms with Crippen molar-refractivity contribution in [3.63, 3.8) is 0 Å². The first kappa shape index (κ1) is 15.1. The number of hydrogen-bond acceptors (Lipinski definition) is 4. The molecule has 2 rings (SSSR count). The third-order valence-corrected chi connectivity index (χ3v) is 3.21. The number of aliphatic hydroxyl groups is 1. The third-order valence-electron chi connectivity index (χ3n) is 3.21. The minimum absolute atomic E-state index is 0.183. The molecule has 0 radical (unpaired) electrons. The zero-order valence-corrected chi connectivity index (χ0v) is 12.2. The van der Waals surface area contributed by atoms with Crippen molar-refractivity contribution in [1.82, 2.24) is 9.13 Å². The molecule has 0 fully saturated rings. The first-order chi connectivity index (χ1) is 9.97. The van der Waals surface area contributed by atoms with Crippen LogP contribution >= 0.6 is 0 Å². The fourth-order valence-corrected chi connectivity index (χ4v) is 2.27. The zero-order valence-electron chi connectivity index (χ0n) is 12.2. The summed E-state index contributed by atoms with van der Waals surface area (Å²) in [5.74, 6) is -0.730. The van der Waals surface area contributed by atoms with Crippen molar-refractivity contribution in [3.8, 4) is 5.69 Å². The van der Waals surface area contributed by atoms with Crippen LogP contribution in [0.25, 0.3) is 5.69 Å². The van der Waals surface area contributed by atoms with Crippen LogP contribution in [-0.2, 0) is 16.6 Å². The summed E-state index contributed by atoms with van der Waals surface area (Å²) in [7, 11) is 1.65. The number of carbonyl (C=O) groups excluding carboxylic acids is 1. The molecule has 0 aliphatic carbocycles. The van der Waals surface area contributed by atoms with Crippen LogP contribution in [0.4, 0.5) is 0 Å². The average molecular weight is 290 g/mol. The van der Waals surface area contributed by atoms with Gasteiger partial charge in [-0.3, -0.25) is 4.57 Å². The molecule has 0 aliphatic rings. The van der Waals surface area contributed by atoms with Crippen molar-refractivity contribution in [1.29, 1.82) is 0 Å². The second kappa shape index (κ2) is 5.97. The van der Waals surface area contributed by atoms with Gasteiger partial charge in [-0.15, -0.1) is 0 Å². The molecule has 0 spiro atoms. The third kappa shape index (κ3) is 2.75. The number of aliphatic hydroxyl groups excluding tert-OH is 1. The van der Waals surface area contributed by atoms with Gasteiger partial charge in [-0.1, -0.05) is 18.2 Å². The van der Waals surface area contributed by atoms with Crippen LogP contribution in [0.2, 0.25) is 0 Å². The fourth-order valence-electron chi connectivity index (χ4n) is 2.27. The molecule has 21 heavy (non-hydrogen) atoms. The lowest BCUT2D eigenvalue weighted by Gasteiger charge is -2.15. The molecule has 6 heteroatoms. The molecule has 0 aliphatic heterocycles. The van der Waals surface area contributed by atoms with Crippen LogP contribution in [0.5, 0.6) is 0 Å². The predicted octanol–water partition coefficient (Wildman–Crippen LogP) is 1.08. The van der Waals surface area contributed by atoms with E-state index in [9.17, 15) is 14.7 Å². The number of hydrogen-bond donors (Lipinski definition) is 1. The summed E-state index contributed by atoms with van der Waals surface area (Å²) in [6, 6.07) is 6.74. The minimum atomic E-state index is -1.42. The molecule has 1 heterocycles. The molecule has 1 atom stereocenters. The molecule has 1 aromatic carbocycles. The molecule has 2 aromatic rings. The van der Waals surface area contributed by atoms with E-state index in [4.69, 9.17) is 4.74 Å². The van der Waals surface area contributed by atoms with E-state index in [1.54, 1.807) is 51.4 Å². The molecular weight excluding hydrogens is 272 g/mol. The Labute approximate surface area is 122 Å². The summed E-state index contributed by atoms with van der Waals surface area (Å²) in [5, 5.41) is 10.2. The highest BCUT2D eigenvalue weighted by atomic mass is 16.5. The molecule has 6 nitrogen and oxygen atoms in total. The zero-order chi connectivity index (χ0) is 15.6. The fraction of sp³-hybridized carbons (Fsp3) is 0.333. The van der Waals surface area contributed by atoms with E-state index in [0.29, 0.717) is 16.9 Å². The Morgan fingerprint density at radius 1 is 1.38 bits per heavy atom. The lowest BCUT2D eigenvalue weighted by atomic mass is 10.1. The Hall–Kier alpha value is -2.34. The Bertz CT molecular complexity index is 715. The number of aryl methyl sites for hydroxylation is 2. The standard InChI is InChI=1S/C15H18N2O4/c1-4-21-14(19)13(18)11-7-5-6-8-12(11)17-10(2)9-16(3)15(17)20/h5-9,13,18H,4H2,1-3H3. The van der Waals surface area contributed by atoms with Crippen molar-refractivity contribution in [2.24, 2.45) is 7.05 Å². The number of rotatable bonds is 4. The van der Waals surface area contributed by atoms with Crippen LogP contribution in [-0.4, -0.2) is 26.8 Å². The normalized spacial score (nSPS) is 12.2. The monoisotopic (exact) mass is 290 g/mol. The Morgan fingerprint density at radius 3 is 2.62 bits per heavy atom. The largest absolute Gasteiger partial charge is 0.464 e. The van der Waals surface area contributed by atoms with Gasteiger partial charge in [0.25, 0.3) is 0 Å². The van der Waals surface area contributed by atoms with E-state index in [-0.39, 0.29) is 12.3 Å². The Balaban J connectivity index is 2.56. The summed E-state index contributed by atoms with van der Waals surface area (Å²) in [5.41, 5.74) is 1.29. The molecule has 112 valence electrons. The highest BCUT2D eigenvalue weighted by Gasteiger charge is 2.23. The smallest absolute Gasteiger partial charge is 0.339 e. The number of para-hydroxylation sites is 1. The quantitative estimate of drug-likeness (QED) is 0.855. The maximum Gasteiger partial charge on any atom is 0.339 e. The van der Waals surface area contributed by atoms with Gasteiger partial charge in [0.2, 0.25) is 0 Å².